The summed E-state index contributed by atoms with van der Waals surface area (Å²) in [6, 6.07) is 22.0. The van der Waals surface area contributed by atoms with Crippen LogP contribution >= 0.6 is 11.6 Å². The Labute approximate surface area is 360 Å². The summed E-state index contributed by atoms with van der Waals surface area (Å²) in [5.74, 6) is -0.641. The molecule has 2 aromatic heterocycles. The van der Waals surface area contributed by atoms with Gasteiger partial charge in [-0.25, -0.2) is 23.1 Å². The molecule has 0 unspecified atom stereocenters. The number of ether oxygens (including phenoxy) is 1. The van der Waals surface area contributed by atoms with Crippen LogP contribution in [0.25, 0.3) is 16.6 Å². The van der Waals surface area contributed by atoms with Crippen LogP contribution in [0.4, 0.5) is 17.1 Å². The van der Waals surface area contributed by atoms with Gasteiger partial charge in [0, 0.05) is 94.0 Å². The van der Waals surface area contributed by atoms with Crippen molar-refractivity contribution in [1.82, 2.24) is 29.5 Å². The third-order valence-electron chi connectivity index (χ3n) is 11.8. The SMILES string of the molecule is CN1CCN(Nc2ccc(S(=O)(=O)NC(=O)c3ccc(N4CCN(CC5=C(c6ccc(Cl)cc6)CC(C)(C)CC5)CC4)cc3Oc3ccc4[nH]ccc4n3)cc2[N+](=O)[O-])CC1. The van der Waals surface area contributed by atoms with Crippen LogP contribution in [0.2, 0.25) is 5.02 Å². The molecule has 0 bridgehead atoms. The number of benzene rings is 3. The molecule has 4 heterocycles. The van der Waals surface area contributed by atoms with E-state index in [1.165, 1.54) is 34.9 Å². The monoisotopic (exact) mass is 867 g/mol. The van der Waals surface area contributed by atoms with Gasteiger partial charge in [-0.05, 0) is 91.4 Å². The molecule has 2 saturated heterocycles. The number of allylic oxidation sites excluding steroid dienone is 1. The molecule has 0 saturated carbocycles. The molecule has 3 aromatic carbocycles. The number of H-pyrrole nitrogens is 1. The fourth-order valence-corrected chi connectivity index (χ4v) is 9.32. The highest BCUT2D eigenvalue weighted by Gasteiger charge is 2.31. The van der Waals surface area contributed by atoms with Crippen LogP contribution in [0.1, 0.15) is 49.0 Å². The van der Waals surface area contributed by atoms with Gasteiger partial charge < -0.3 is 24.9 Å². The summed E-state index contributed by atoms with van der Waals surface area (Å²) in [7, 11) is -2.57. The molecule has 5 aromatic rings. The average molecular weight is 868 g/mol. The number of aromatic amines is 1. The second-order valence-electron chi connectivity index (χ2n) is 16.8. The number of sulfonamides is 1. The van der Waals surface area contributed by atoms with Crippen molar-refractivity contribution in [3.63, 3.8) is 0 Å². The Bertz CT molecular complexity index is 2580. The van der Waals surface area contributed by atoms with Gasteiger partial charge in [-0.15, -0.1) is 0 Å². The molecule has 0 atom stereocenters. The molecule has 3 aliphatic rings. The lowest BCUT2D eigenvalue weighted by Crippen LogP contribution is -2.47. The molecule has 1 aliphatic carbocycles. The van der Waals surface area contributed by atoms with Gasteiger partial charge in [-0.3, -0.25) is 19.8 Å². The minimum Gasteiger partial charge on any atom is -0.438 e. The number of anilines is 2. The molecule has 8 rings (SSSR count). The van der Waals surface area contributed by atoms with Crippen molar-refractivity contribution in [2.24, 2.45) is 5.41 Å². The molecule has 17 heteroatoms. The Morgan fingerprint density at radius 1 is 0.951 bits per heavy atom. The van der Waals surface area contributed by atoms with E-state index in [2.05, 4.69) is 60.8 Å². The Morgan fingerprint density at radius 2 is 1.70 bits per heavy atom. The Morgan fingerprint density at radius 3 is 2.44 bits per heavy atom. The van der Waals surface area contributed by atoms with Crippen molar-refractivity contribution in [3.05, 3.63) is 117 Å². The van der Waals surface area contributed by atoms with Crippen LogP contribution in [-0.2, 0) is 10.0 Å². The number of nitro benzene ring substituents is 1. The van der Waals surface area contributed by atoms with E-state index in [-0.39, 0.29) is 28.3 Å². The van der Waals surface area contributed by atoms with Crippen molar-refractivity contribution in [2.45, 2.75) is 38.0 Å². The highest BCUT2D eigenvalue weighted by molar-refractivity contribution is 7.90. The summed E-state index contributed by atoms with van der Waals surface area (Å²) < 4.78 is 35.7. The molecule has 1 amide bonds. The smallest absolute Gasteiger partial charge is 0.295 e. The summed E-state index contributed by atoms with van der Waals surface area (Å²) in [5.41, 5.74) is 9.30. The largest absolute Gasteiger partial charge is 0.438 e. The number of hydrazine groups is 1. The highest BCUT2D eigenvalue weighted by Crippen LogP contribution is 2.43. The van der Waals surface area contributed by atoms with Crippen LogP contribution in [0.15, 0.2) is 95.5 Å². The summed E-state index contributed by atoms with van der Waals surface area (Å²) in [6.45, 7) is 11.4. The van der Waals surface area contributed by atoms with E-state index in [1.807, 2.05) is 24.2 Å². The van der Waals surface area contributed by atoms with Gasteiger partial charge >= 0.3 is 0 Å². The van der Waals surface area contributed by atoms with E-state index in [0.717, 1.165) is 87.4 Å². The number of likely N-dealkylation sites (N-methyl/N-ethyl adjacent to an activating group) is 1. The Hall–Kier alpha value is -5.52. The number of carbonyl (C=O) groups excluding carboxylic acids is 1. The predicted molar refractivity (Wildman–Crippen MR) is 238 cm³/mol. The van der Waals surface area contributed by atoms with Crippen LogP contribution in [-0.4, -0.2) is 110 Å². The molecule has 0 spiro atoms. The third kappa shape index (κ3) is 9.84. The Balaban J connectivity index is 1.01. The molecular formula is C44H50ClN9O6S. The number of nitro groups is 1. The van der Waals surface area contributed by atoms with Crippen molar-refractivity contribution in [3.8, 4) is 11.6 Å². The van der Waals surface area contributed by atoms with Gasteiger partial charge in [-0.2, -0.15) is 0 Å². The van der Waals surface area contributed by atoms with E-state index in [1.54, 1.807) is 36.5 Å². The van der Waals surface area contributed by atoms with Crippen molar-refractivity contribution < 1.29 is 22.9 Å². The number of halogens is 1. The second kappa shape index (κ2) is 17.5. The lowest BCUT2D eigenvalue weighted by atomic mass is 9.72. The van der Waals surface area contributed by atoms with Crippen LogP contribution in [0, 0.1) is 15.5 Å². The van der Waals surface area contributed by atoms with E-state index in [0.29, 0.717) is 18.6 Å². The lowest BCUT2D eigenvalue weighted by Gasteiger charge is -2.39. The van der Waals surface area contributed by atoms with Gasteiger partial charge in [-0.1, -0.05) is 43.2 Å². The first kappa shape index (κ1) is 42.2. The maximum absolute atomic E-state index is 13.9. The maximum atomic E-state index is 13.9. The Kier molecular flexibility index (Phi) is 12.1. The fraction of sp³-hybridized carbons (Fsp3) is 0.364. The molecule has 2 fully saturated rings. The second-order valence-corrected chi connectivity index (χ2v) is 18.9. The molecule has 61 heavy (non-hydrogen) atoms. The van der Waals surface area contributed by atoms with Gasteiger partial charge in [0.05, 0.1) is 26.4 Å². The molecule has 0 radical (unpaired) electrons. The van der Waals surface area contributed by atoms with E-state index < -0.39 is 31.4 Å². The van der Waals surface area contributed by atoms with Crippen molar-refractivity contribution in [2.75, 3.05) is 76.3 Å². The first-order chi connectivity index (χ1) is 29.2. The minimum atomic E-state index is -4.56. The number of aromatic nitrogens is 2. The maximum Gasteiger partial charge on any atom is 0.295 e. The van der Waals surface area contributed by atoms with Crippen LogP contribution in [0.5, 0.6) is 11.6 Å². The number of pyridine rings is 1. The minimum absolute atomic E-state index is 0.0494. The summed E-state index contributed by atoms with van der Waals surface area (Å²) in [6.07, 6.45) is 4.95. The average Bonchev–Trinajstić information content (AvgIpc) is 3.71. The van der Waals surface area contributed by atoms with E-state index in [9.17, 15) is 23.3 Å². The van der Waals surface area contributed by atoms with Gasteiger partial charge in [0.2, 0.25) is 5.88 Å². The molecule has 3 N–H and O–H groups in total. The van der Waals surface area contributed by atoms with Crippen molar-refractivity contribution in [1.29, 1.82) is 0 Å². The quantitative estimate of drug-likeness (QED) is 0.0841. The predicted octanol–water partition coefficient (Wildman–Crippen LogP) is 7.40. The topological polar surface area (TPSA) is 169 Å². The van der Waals surface area contributed by atoms with Gasteiger partial charge in [0.15, 0.2) is 0 Å². The normalized spacial score (nSPS) is 18.0. The zero-order valence-electron chi connectivity index (χ0n) is 34.5. The number of nitrogens with zero attached hydrogens (tertiary/aromatic N) is 6. The van der Waals surface area contributed by atoms with Crippen LogP contribution in [0.3, 0.4) is 0 Å². The van der Waals surface area contributed by atoms with Crippen molar-refractivity contribution >= 4 is 61.2 Å². The first-order valence-corrected chi connectivity index (χ1v) is 22.3. The van der Waals surface area contributed by atoms with Gasteiger partial charge in [0.25, 0.3) is 21.6 Å². The number of rotatable bonds is 12. The van der Waals surface area contributed by atoms with Gasteiger partial charge in [0.1, 0.15) is 11.4 Å². The lowest BCUT2D eigenvalue weighted by molar-refractivity contribution is -0.384. The number of nitrogens with one attached hydrogen (secondary N) is 3. The summed E-state index contributed by atoms with van der Waals surface area (Å²) >= 11 is 6.24. The molecule has 15 nitrogen and oxygen atoms in total. The number of piperazine rings is 2. The number of hydrogen-bond acceptors (Lipinski definition) is 12. The number of carbonyl (C=O) groups is 1. The van der Waals surface area contributed by atoms with Crippen LogP contribution < -0.4 is 19.8 Å². The first-order valence-electron chi connectivity index (χ1n) is 20.5. The fourth-order valence-electron chi connectivity index (χ4n) is 8.21. The zero-order valence-corrected chi connectivity index (χ0v) is 36.1. The number of hydrogen-bond donors (Lipinski definition) is 3. The standard InChI is InChI=1S/C44H50ClN9O6S/c1-44(2)16-14-31(36(28-44)30-4-6-32(45)7-5-30)29-51-20-22-52(23-21-51)33-8-10-35(41(26-33)60-42-13-12-37-38(47-42)15-17-46-37)43(55)49-61(58,59)34-9-11-39(40(27-34)54(56)57)48-53-24-18-50(3)19-25-53/h4-13,15,17,26-27,46,48H,14,16,18-25,28-29H2,1-3H3,(H,49,55). The molecular weight excluding hydrogens is 818 g/mol. The summed E-state index contributed by atoms with van der Waals surface area (Å²) in [4.78, 5) is 39.5. The number of fused-ring (bicyclic) bond motifs is 1. The van der Waals surface area contributed by atoms with E-state index >= 15 is 0 Å². The molecule has 320 valence electrons. The van der Waals surface area contributed by atoms with E-state index in [4.69, 9.17) is 16.3 Å². The third-order valence-corrected chi connectivity index (χ3v) is 13.4. The number of amides is 1. The highest BCUT2D eigenvalue weighted by atomic mass is 35.5. The summed E-state index contributed by atoms with van der Waals surface area (Å²) in [5, 5.41) is 14.7. The zero-order chi connectivity index (χ0) is 42.9. The molecule has 2 aliphatic heterocycles.